The van der Waals surface area contributed by atoms with Crippen LogP contribution in [0.3, 0.4) is 0 Å². The normalized spacial score (nSPS) is 12.3. The molecule has 1 aromatic heterocycles. The van der Waals surface area contributed by atoms with Gasteiger partial charge >= 0.3 is 5.97 Å². The second-order valence-corrected chi connectivity index (χ2v) is 6.24. The van der Waals surface area contributed by atoms with Crippen LogP contribution in [0.2, 0.25) is 0 Å². The van der Waals surface area contributed by atoms with E-state index in [1.54, 1.807) is 0 Å². The summed E-state index contributed by atoms with van der Waals surface area (Å²) in [4.78, 5) is 11.0. The molecule has 1 N–H and O–H groups in total. The van der Waals surface area contributed by atoms with Crippen LogP contribution < -0.4 is 0 Å². The maximum Gasteiger partial charge on any atom is 0.339 e. The summed E-state index contributed by atoms with van der Waals surface area (Å²) < 4.78 is 17.2. The molecule has 0 bridgehead atoms. The summed E-state index contributed by atoms with van der Waals surface area (Å²) in [6.45, 7) is 3.99. The fourth-order valence-electron chi connectivity index (χ4n) is 2.18. The highest BCUT2D eigenvalue weighted by Crippen LogP contribution is 2.16. The molecule has 0 radical (unpaired) electrons. The van der Waals surface area contributed by atoms with Gasteiger partial charge in [0.1, 0.15) is 11.3 Å². The van der Waals surface area contributed by atoms with Crippen molar-refractivity contribution in [1.82, 2.24) is 0 Å². The molecule has 1 atom stereocenters. The highest BCUT2D eigenvalue weighted by atomic mass is 32.2. The van der Waals surface area contributed by atoms with Gasteiger partial charge in [-0.3, -0.25) is 4.21 Å². The number of carbonyl (C=O) groups is 1. The Morgan fingerprint density at radius 3 is 2.45 bits per heavy atom. The van der Waals surface area contributed by atoms with Crippen LogP contribution >= 0.6 is 0 Å². The lowest BCUT2D eigenvalue weighted by Crippen LogP contribution is -2.04. The van der Waals surface area contributed by atoms with E-state index in [-0.39, 0.29) is 17.1 Å². The molecular formula is C15H16O4S. The quantitative estimate of drug-likeness (QED) is 0.919. The van der Waals surface area contributed by atoms with Crippen molar-refractivity contribution in [2.24, 2.45) is 0 Å². The second kappa shape index (κ2) is 6.05. The zero-order valence-electron chi connectivity index (χ0n) is 11.4. The first kappa shape index (κ1) is 14.5. The van der Waals surface area contributed by atoms with Gasteiger partial charge in [-0.15, -0.1) is 0 Å². The first-order valence-electron chi connectivity index (χ1n) is 6.17. The van der Waals surface area contributed by atoms with E-state index in [4.69, 9.17) is 9.52 Å². The van der Waals surface area contributed by atoms with Crippen molar-refractivity contribution in [3.63, 3.8) is 0 Å². The Kier molecular flexibility index (Phi) is 4.39. The van der Waals surface area contributed by atoms with Crippen LogP contribution in [0.25, 0.3) is 0 Å². The van der Waals surface area contributed by atoms with Crippen molar-refractivity contribution in [1.29, 1.82) is 0 Å². The molecule has 1 heterocycles. The number of aromatic carboxylic acids is 1. The molecule has 0 saturated heterocycles. The lowest BCUT2D eigenvalue weighted by Gasteiger charge is -2.05. The summed E-state index contributed by atoms with van der Waals surface area (Å²) in [6.07, 6.45) is 1.31. The van der Waals surface area contributed by atoms with Crippen molar-refractivity contribution in [3.8, 4) is 0 Å². The van der Waals surface area contributed by atoms with Gasteiger partial charge in [-0.1, -0.05) is 29.3 Å². The van der Waals surface area contributed by atoms with E-state index < -0.39 is 16.8 Å². The number of hydrogen-bond donors (Lipinski definition) is 1. The Morgan fingerprint density at radius 2 is 1.85 bits per heavy atom. The average molecular weight is 292 g/mol. The smallest absolute Gasteiger partial charge is 0.339 e. The molecule has 0 spiro atoms. The SMILES string of the molecule is Cc1cc(C)cc(CS(=O)Cc2occc2C(=O)O)c1. The van der Waals surface area contributed by atoms with Crippen LogP contribution in [-0.2, 0) is 22.3 Å². The first-order valence-corrected chi connectivity index (χ1v) is 7.66. The third-order valence-electron chi connectivity index (χ3n) is 2.88. The van der Waals surface area contributed by atoms with E-state index in [0.717, 1.165) is 16.7 Å². The van der Waals surface area contributed by atoms with E-state index in [0.29, 0.717) is 5.75 Å². The van der Waals surface area contributed by atoms with E-state index in [9.17, 15) is 9.00 Å². The number of furan rings is 1. The zero-order valence-corrected chi connectivity index (χ0v) is 12.2. The Labute approximate surface area is 119 Å². The van der Waals surface area contributed by atoms with Crippen LogP contribution in [0, 0.1) is 13.8 Å². The van der Waals surface area contributed by atoms with Crippen LogP contribution in [0.4, 0.5) is 0 Å². The van der Waals surface area contributed by atoms with Crippen LogP contribution in [0.5, 0.6) is 0 Å². The maximum absolute atomic E-state index is 12.1. The molecule has 0 aliphatic heterocycles. The molecular weight excluding hydrogens is 276 g/mol. The summed E-state index contributed by atoms with van der Waals surface area (Å²) in [7, 11) is -1.20. The lowest BCUT2D eigenvalue weighted by molar-refractivity contribution is 0.0695. The van der Waals surface area contributed by atoms with E-state index in [1.807, 2.05) is 26.0 Å². The minimum atomic E-state index is -1.20. The van der Waals surface area contributed by atoms with Gasteiger partial charge < -0.3 is 9.52 Å². The number of hydrogen-bond acceptors (Lipinski definition) is 3. The number of rotatable bonds is 5. The number of aryl methyl sites for hydroxylation is 2. The molecule has 20 heavy (non-hydrogen) atoms. The van der Waals surface area contributed by atoms with Crippen molar-refractivity contribution in [3.05, 3.63) is 58.5 Å². The van der Waals surface area contributed by atoms with Crippen LogP contribution in [-0.4, -0.2) is 15.3 Å². The lowest BCUT2D eigenvalue weighted by atomic mass is 10.1. The number of benzene rings is 1. The third kappa shape index (κ3) is 3.57. The van der Waals surface area contributed by atoms with Gasteiger partial charge in [0, 0.05) is 16.6 Å². The number of carboxylic acids is 1. The monoisotopic (exact) mass is 292 g/mol. The molecule has 2 rings (SSSR count). The summed E-state index contributed by atoms with van der Waals surface area (Å²) in [5.74, 6) is -0.290. The predicted octanol–water partition coefficient (Wildman–Crippen LogP) is 3.04. The molecule has 0 fully saturated rings. The van der Waals surface area contributed by atoms with Crippen molar-refractivity contribution in [2.45, 2.75) is 25.4 Å². The van der Waals surface area contributed by atoms with Gasteiger partial charge in [0.05, 0.1) is 12.0 Å². The standard InChI is InChI=1S/C15H16O4S/c1-10-5-11(2)7-12(6-10)8-20(18)9-14-13(15(16)17)3-4-19-14/h3-7H,8-9H2,1-2H3,(H,16,17). The summed E-state index contributed by atoms with van der Waals surface area (Å²) in [5.41, 5.74) is 3.32. The molecule has 0 aliphatic carbocycles. The molecule has 1 aromatic carbocycles. The van der Waals surface area contributed by atoms with Crippen molar-refractivity contribution >= 4 is 16.8 Å². The van der Waals surface area contributed by atoms with Gasteiger partial charge in [-0.25, -0.2) is 4.79 Å². The zero-order chi connectivity index (χ0) is 14.7. The Bertz CT molecular complexity index is 637. The van der Waals surface area contributed by atoms with E-state index >= 15 is 0 Å². The summed E-state index contributed by atoms with van der Waals surface area (Å²) >= 11 is 0. The molecule has 0 saturated carbocycles. The summed E-state index contributed by atoms with van der Waals surface area (Å²) in [6, 6.07) is 7.42. The largest absolute Gasteiger partial charge is 0.478 e. The highest BCUT2D eigenvalue weighted by Gasteiger charge is 2.16. The van der Waals surface area contributed by atoms with Gasteiger partial charge in [0.25, 0.3) is 0 Å². The van der Waals surface area contributed by atoms with E-state index in [2.05, 4.69) is 6.07 Å². The number of carboxylic acid groups (broad SMARTS) is 1. The molecule has 5 heteroatoms. The van der Waals surface area contributed by atoms with Gasteiger partial charge in [0.2, 0.25) is 0 Å². The molecule has 0 amide bonds. The highest BCUT2D eigenvalue weighted by molar-refractivity contribution is 7.83. The van der Waals surface area contributed by atoms with E-state index in [1.165, 1.54) is 12.3 Å². The Morgan fingerprint density at radius 1 is 1.20 bits per heavy atom. The van der Waals surface area contributed by atoms with Crippen LogP contribution in [0.1, 0.15) is 32.8 Å². The topological polar surface area (TPSA) is 67.5 Å². The fraction of sp³-hybridized carbons (Fsp3) is 0.267. The second-order valence-electron chi connectivity index (χ2n) is 4.79. The summed E-state index contributed by atoms with van der Waals surface area (Å²) in [5, 5.41) is 8.97. The van der Waals surface area contributed by atoms with Crippen molar-refractivity contribution < 1.29 is 18.5 Å². The Hall–Kier alpha value is -1.88. The molecule has 0 aliphatic rings. The minimum Gasteiger partial charge on any atom is -0.478 e. The first-order chi connectivity index (χ1) is 9.45. The molecule has 106 valence electrons. The molecule has 2 aromatic rings. The Balaban J connectivity index is 2.09. The molecule has 1 unspecified atom stereocenters. The predicted molar refractivity (Wildman–Crippen MR) is 77.1 cm³/mol. The molecule has 4 nitrogen and oxygen atoms in total. The van der Waals surface area contributed by atoms with Gasteiger partial charge in [-0.05, 0) is 25.5 Å². The van der Waals surface area contributed by atoms with Crippen molar-refractivity contribution in [2.75, 3.05) is 0 Å². The third-order valence-corrected chi connectivity index (χ3v) is 4.12. The fourth-order valence-corrected chi connectivity index (χ4v) is 3.33. The van der Waals surface area contributed by atoms with Gasteiger partial charge in [0.15, 0.2) is 0 Å². The maximum atomic E-state index is 12.1. The van der Waals surface area contributed by atoms with Crippen LogP contribution in [0.15, 0.2) is 34.9 Å². The minimum absolute atomic E-state index is 0.0822. The average Bonchev–Trinajstić information content (AvgIpc) is 2.75. The van der Waals surface area contributed by atoms with Gasteiger partial charge in [-0.2, -0.15) is 0 Å².